The Labute approximate surface area is 173 Å². The number of hydrogen-bond donors (Lipinski definition) is 1. The van der Waals surface area contributed by atoms with Crippen molar-refractivity contribution in [1.82, 2.24) is 5.32 Å². The summed E-state index contributed by atoms with van der Waals surface area (Å²) in [7, 11) is 0. The third kappa shape index (κ3) is 7.83. The number of hydrogen-bond acceptors (Lipinski definition) is 4. The molecule has 0 heterocycles. The molecule has 0 fully saturated rings. The van der Waals surface area contributed by atoms with E-state index in [0.29, 0.717) is 11.1 Å². The van der Waals surface area contributed by atoms with Gasteiger partial charge in [-0.2, -0.15) is 26.3 Å². The van der Waals surface area contributed by atoms with Gasteiger partial charge >= 0.3 is 24.4 Å². The van der Waals surface area contributed by atoms with Gasteiger partial charge in [0.2, 0.25) is 0 Å². The molecule has 0 bridgehead atoms. The zero-order valence-electron chi connectivity index (χ0n) is 15.7. The van der Waals surface area contributed by atoms with Crippen molar-refractivity contribution >= 4 is 12.1 Å². The molecule has 2 aromatic carbocycles. The van der Waals surface area contributed by atoms with Crippen molar-refractivity contribution in [3.8, 4) is 0 Å². The summed E-state index contributed by atoms with van der Waals surface area (Å²) in [5.41, 5.74) is 0.942. The molecular formula is C20H17F6NO4. The van der Waals surface area contributed by atoms with Crippen LogP contribution in [0.1, 0.15) is 11.1 Å². The second-order valence-electron chi connectivity index (χ2n) is 6.35. The molecule has 0 saturated carbocycles. The number of halogens is 6. The van der Waals surface area contributed by atoms with Gasteiger partial charge in [0.25, 0.3) is 6.10 Å². The minimum Gasteiger partial charge on any atom is -0.445 e. The first kappa shape index (κ1) is 24.0. The average molecular weight is 449 g/mol. The number of nitrogens with one attached hydrogen (secondary N) is 1. The van der Waals surface area contributed by atoms with Crippen LogP contribution in [0, 0.1) is 0 Å². The molecule has 0 unspecified atom stereocenters. The lowest BCUT2D eigenvalue weighted by Crippen LogP contribution is -2.50. The zero-order valence-corrected chi connectivity index (χ0v) is 15.7. The summed E-state index contributed by atoms with van der Waals surface area (Å²) in [4.78, 5) is 24.2. The third-order valence-corrected chi connectivity index (χ3v) is 3.90. The topological polar surface area (TPSA) is 64.6 Å². The summed E-state index contributed by atoms with van der Waals surface area (Å²) in [6, 6.07) is 14.1. The van der Waals surface area contributed by atoms with E-state index in [1.54, 1.807) is 48.5 Å². The van der Waals surface area contributed by atoms with E-state index in [2.05, 4.69) is 4.74 Å². The second kappa shape index (κ2) is 10.2. The molecule has 1 atom stereocenters. The maximum atomic E-state index is 12.7. The van der Waals surface area contributed by atoms with Crippen molar-refractivity contribution in [2.24, 2.45) is 0 Å². The molecule has 0 spiro atoms. The van der Waals surface area contributed by atoms with Crippen molar-refractivity contribution in [2.75, 3.05) is 0 Å². The van der Waals surface area contributed by atoms with E-state index in [4.69, 9.17) is 4.74 Å². The smallest absolute Gasteiger partial charge is 0.434 e. The summed E-state index contributed by atoms with van der Waals surface area (Å²) >= 11 is 0. The molecule has 2 aromatic rings. The number of ether oxygens (including phenoxy) is 2. The number of alkyl halides is 6. The Balaban J connectivity index is 2.13. The van der Waals surface area contributed by atoms with E-state index in [1.807, 2.05) is 5.32 Å². The molecule has 0 radical (unpaired) electrons. The molecule has 1 N–H and O–H groups in total. The van der Waals surface area contributed by atoms with Crippen LogP contribution in [0.15, 0.2) is 60.7 Å². The van der Waals surface area contributed by atoms with Gasteiger partial charge in [-0.3, -0.25) is 0 Å². The summed E-state index contributed by atoms with van der Waals surface area (Å²) in [5.74, 6) is -1.90. The van der Waals surface area contributed by atoms with Crippen LogP contribution in [-0.4, -0.2) is 36.6 Å². The van der Waals surface area contributed by atoms with Gasteiger partial charge in [-0.25, -0.2) is 9.59 Å². The van der Waals surface area contributed by atoms with Crippen molar-refractivity contribution in [3.63, 3.8) is 0 Å². The number of carbonyl (C=O) groups excluding carboxylic acids is 2. The van der Waals surface area contributed by atoms with Crippen molar-refractivity contribution in [2.45, 2.75) is 37.5 Å². The predicted octanol–water partition coefficient (Wildman–Crippen LogP) is 4.56. The first-order valence-electron chi connectivity index (χ1n) is 8.82. The molecule has 0 aliphatic carbocycles. The van der Waals surface area contributed by atoms with Gasteiger partial charge in [-0.05, 0) is 11.1 Å². The first-order chi connectivity index (χ1) is 14.5. The van der Waals surface area contributed by atoms with E-state index in [9.17, 15) is 35.9 Å². The lowest BCUT2D eigenvalue weighted by atomic mass is 10.1. The fourth-order valence-corrected chi connectivity index (χ4v) is 2.47. The fraction of sp³-hybridized carbons (Fsp3) is 0.300. The van der Waals surface area contributed by atoms with E-state index in [1.165, 1.54) is 12.1 Å². The number of rotatable bonds is 7. The highest BCUT2D eigenvalue weighted by atomic mass is 19.4. The Hall–Kier alpha value is -3.24. The molecule has 168 valence electrons. The van der Waals surface area contributed by atoms with Crippen LogP contribution in [0.4, 0.5) is 31.1 Å². The van der Waals surface area contributed by atoms with Gasteiger partial charge in [0.05, 0.1) is 0 Å². The summed E-state index contributed by atoms with van der Waals surface area (Å²) < 4.78 is 85.0. The van der Waals surface area contributed by atoms with Gasteiger partial charge in [0.1, 0.15) is 12.6 Å². The maximum absolute atomic E-state index is 12.7. The van der Waals surface area contributed by atoms with Crippen molar-refractivity contribution in [3.05, 3.63) is 71.8 Å². The largest absolute Gasteiger partial charge is 0.445 e. The molecule has 2 rings (SSSR count). The maximum Gasteiger partial charge on any atom is 0.434 e. The average Bonchev–Trinajstić information content (AvgIpc) is 2.69. The Morgan fingerprint density at radius 1 is 0.806 bits per heavy atom. The standard InChI is InChI=1S/C20H17F6NO4/c21-19(22,23)17(20(24,25)26)31-16(28)15(11-13-7-3-1-4-8-13)27-18(29)30-12-14-9-5-2-6-10-14/h1-10,15,17H,11-12H2,(H,27,29)/t15-/m0/s1. The van der Waals surface area contributed by atoms with Crippen LogP contribution in [0.3, 0.4) is 0 Å². The van der Waals surface area contributed by atoms with Crippen LogP contribution in [-0.2, 0) is 27.3 Å². The summed E-state index contributed by atoms with van der Waals surface area (Å²) in [6.07, 6.45) is -17.7. The SMILES string of the molecule is O=C(N[C@@H](Cc1ccccc1)C(=O)OC(C(F)(F)F)C(F)(F)F)OCc1ccccc1. The van der Waals surface area contributed by atoms with E-state index in [0.717, 1.165) is 0 Å². The molecule has 11 heteroatoms. The van der Waals surface area contributed by atoms with Crippen LogP contribution < -0.4 is 5.32 Å². The van der Waals surface area contributed by atoms with Gasteiger partial charge in [0.15, 0.2) is 0 Å². The minimum atomic E-state index is -5.88. The Kier molecular flexibility index (Phi) is 7.89. The van der Waals surface area contributed by atoms with Gasteiger partial charge < -0.3 is 14.8 Å². The second-order valence-corrected chi connectivity index (χ2v) is 6.35. The van der Waals surface area contributed by atoms with Crippen LogP contribution in [0.25, 0.3) is 0 Å². The minimum absolute atomic E-state index is 0.229. The fourth-order valence-electron chi connectivity index (χ4n) is 2.47. The van der Waals surface area contributed by atoms with E-state index >= 15 is 0 Å². The Bertz CT molecular complexity index is 841. The number of amides is 1. The van der Waals surface area contributed by atoms with Crippen molar-refractivity contribution in [1.29, 1.82) is 0 Å². The van der Waals surface area contributed by atoms with Gasteiger partial charge in [-0.15, -0.1) is 0 Å². The third-order valence-electron chi connectivity index (χ3n) is 3.90. The van der Waals surface area contributed by atoms with Crippen molar-refractivity contribution < 1.29 is 45.4 Å². The monoisotopic (exact) mass is 449 g/mol. The summed E-state index contributed by atoms with van der Waals surface area (Å²) in [6.45, 7) is -0.229. The van der Waals surface area contributed by atoms with E-state index < -0.39 is 43.0 Å². The highest BCUT2D eigenvalue weighted by molar-refractivity contribution is 5.81. The Morgan fingerprint density at radius 2 is 1.29 bits per heavy atom. The lowest BCUT2D eigenvalue weighted by Gasteiger charge is -2.25. The first-order valence-corrected chi connectivity index (χ1v) is 8.82. The van der Waals surface area contributed by atoms with E-state index in [-0.39, 0.29) is 6.61 Å². The van der Waals surface area contributed by atoms with Crippen LogP contribution >= 0.6 is 0 Å². The quantitative estimate of drug-likeness (QED) is 0.497. The molecule has 0 aromatic heterocycles. The molecule has 0 aliphatic rings. The number of esters is 1. The lowest BCUT2D eigenvalue weighted by molar-refractivity contribution is -0.313. The number of benzene rings is 2. The van der Waals surface area contributed by atoms with Gasteiger partial charge in [-0.1, -0.05) is 60.7 Å². The summed E-state index contributed by atoms with van der Waals surface area (Å²) in [5, 5.41) is 1.97. The molecule has 5 nitrogen and oxygen atoms in total. The molecule has 0 saturated heterocycles. The number of carbonyl (C=O) groups is 2. The highest BCUT2D eigenvalue weighted by Crippen LogP contribution is 2.36. The van der Waals surface area contributed by atoms with Crippen LogP contribution in [0.5, 0.6) is 0 Å². The van der Waals surface area contributed by atoms with Crippen LogP contribution in [0.2, 0.25) is 0 Å². The molecular weight excluding hydrogens is 432 g/mol. The molecule has 31 heavy (non-hydrogen) atoms. The predicted molar refractivity (Wildman–Crippen MR) is 95.7 cm³/mol. The van der Waals surface area contributed by atoms with Gasteiger partial charge in [0, 0.05) is 6.42 Å². The normalized spacial score (nSPS) is 12.9. The molecule has 0 aliphatic heterocycles. The highest BCUT2D eigenvalue weighted by Gasteiger charge is 2.60. The number of alkyl carbamates (subject to hydrolysis) is 1. The Morgan fingerprint density at radius 3 is 1.77 bits per heavy atom. The zero-order chi connectivity index (χ0) is 23.1. The molecule has 1 amide bonds.